The van der Waals surface area contributed by atoms with Gasteiger partial charge in [0.15, 0.2) is 0 Å². The van der Waals surface area contributed by atoms with Crippen LogP contribution in [0.4, 0.5) is 18.9 Å². The molecule has 4 rings (SSSR count). The van der Waals surface area contributed by atoms with Gasteiger partial charge < -0.3 is 10.4 Å². The van der Waals surface area contributed by atoms with Crippen LogP contribution in [0.15, 0.2) is 48.7 Å². The van der Waals surface area contributed by atoms with Gasteiger partial charge in [-0.2, -0.15) is 18.3 Å². The first kappa shape index (κ1) is 26.9. The Bertz CT molecular complexity index is 1250. The summed E-state index contributed by atoms with van der Waals surface area (Å²) in [6.45, 7) is 7.71. The molecule has 0 atom stereocenters. The van der Waals surface area contributed by atoms with Crippen molar-refractivity contribution < 1.29 is 23.1 Å². The molecule has 1 aromatic carbocycles. The average molecular weight is 515 g/mol. The standard InChI is InChI=1S/C28H33F3N4O2/c1-17(2)18-8-10-19(11-9-18)22-14-15-35(34-22)20-12-13-23(21(16-20)27(3,4)37)33-26(36)24-6-5-7-25(32-24)28(29,30)31/h5-7,12-19,37H,8-11H2,1-4H3,(H,33,36). The molecule has 6 nitrogen and oxygen atoms in total. The molecule has 37 heavy (non-hydrogen) atoms. The lowest BCUT2D eigenvalue weighted by Crippen LogP contribution is -2.22. The lowest BCUT2D eigenvalue weighted by molar-refractivity contribution is -0.141. The second-order valence-corrected chi connectivity index (χ2v) is 10.7. The van der Waals surface area contributed by atoms with Gasteiger partial charge in [0.1, 0.15) is 11.4 Å². The molecule has 0 unspecified atom stereocenters. The quantitative estimate of drug-likeness (QED) is 0.384. The van der Waals surface area contributed by atoms with Crippen LogP contribution >= 0.6 is 0 Å². The first-order valence-electron chi connectivity index (χ1n) is 12.6. The Morgan fingerprint density at radius 3 is 2.41 bits per heavy atom. The van der Waals surface area contributed by atoms with Gasteiger partial charge in [-0.15, -0.1) is 0 Å². The number of nitrogens with zero attached hydrogens (tertiary/aromatic N) is 3. The molecule has 0 radical (unpaired) electrons. The summed E-state index contributed by atoms with van der Waals surface area (Å²) in [6, 6.07) is 10.3. The Kier molecular flexibility index (Phi) is 7.46. The summed E-state index contributed by atoms with van der Waals surface area (Å²) in [4.78, 5) is 16.2. The van der Waals surface area contributed by atoms with Crippen molar-refractivity contribution in [3.05, 3.63) is 71.3 Å². The van der Waals surface area contributed by atoms with Crippen molar-refractivity contribution in [3.8, 4) is 5.69 Å². The molecule has 1 aliphatic carbocycles. The number of hydrogen-bond acceptors (Lipinski definition) is 4. The Morgan fingerprint density at radius 1 is 1.08 bits per heavy atom. The Morgan fingerprint density at radius 2 is 1.78 bits per heavy atom. The van der Waals surface area contributed by atoms with Crippen molar-refractivity contribution in [2.45, 2.75) is 71.1 Å². The number of nitrogens with one attached hydrogen (secondary N) is 1. The molecule has 9 heteroatoms. The molecule has 1 saturated carbocycles. The number of alkyl halides is 3. The van der Waals surface area contributed by atoms with E-state index in [4.69, 9.17) is 5.10 Å². The van der Waals surface area contributed by atoms with Crippen LogP contribution in [0.25, 0.3) is 5.69 Å². The number of carbonyl (C=O) groups excluding carboxylic acids is 1. The normalized spacial score (nSPS) is 18.7. The average Bonchev–Trinajstić information content (AvgIpc) is 3.33. The van der Waals surface area contributed by atoms with Gasteiger partial charge in [-0.05, 0) is 87.8 Å². The van der Waals surface area contributed by atoms with E-state index in [-0.39, 0.29) is 11.4 Å². The van der Waals surface area contributed by atoms with E-state index < -0.39 is 23.4 Å². The minimum absolute atomic E-state index is 0.278. The predicted octanol–water partition coefficient (Wildman–Crippen LogP) is 6.70. The fraction of sp³-hybridized carbons (Fsp3) is 0.464. The molecule has 2 N–H and O–H groups in total. The van der Waals surface area contributed by atoms with Crippen LogP contribution in [0.1, 0.15) is 86.7 Å². The molecule has 3 aromatic rings. The number of carbonyl (C=O) groups is 1. The molecule has 1 aliphatic rings. The van der Waals surface area contributed by atoms with E-state index >= 15 is 0 Å². The summed E-state index contributed by atoms with van der Waals surface area (Å²) < 4.78 is 40.8. The van der Waals surface area contributed by atoms with E-state index in [9.17, 15) is 23.1 Å². The maximum absolute atomic E-state index is 13.0. The number of pyridine rings is 1. The van der Waals surface area contributed by atoms with E-state index in [1.165, 1.54) is 18.9 Å². The van der Waals surface area contributed by atoms with Crippen molar-refractivity contribution >= 4 is 11.6 Å². The number of hydrogen-bond donors (Lipinski definition) is 2. The van der Waals surface area contributed by atoms with Gasteiger partial charge in [-0.1, -0.05) is 19.9 Å². The van der Waals surface area contributed by atoms with Gasteiger partial charge in [-0.25, -0.2) is 9.67 Å². The summed E-state index contributed by atoms with van der Waals surface area (Å²) in [7, 11) is 0. The summed E-state index contributed by atoms with van der Waals surface area (Å²) in [5.74, 6) is 1.08. The Balaban J connectivity index is 1.56. The van der Waals surface area contributed by atoms with E-state index in [1.807, 2.05) is 12.3 Å². The van der Waals surface area contributed by atoms with Gasteiger partial charge in [0.2, 0.25) is 0 Å². The molecule has 0 spiro atoms. The summed E-state index contributed by atoms with van der Waals surface area (Å²) in [5, 5.41) is 18.2. The monoisotopic (exact) mass is 514 g/mol. The maximum atomic E-state index is 13.0. The first-order valence-corrected chi connectivity index (χ1v) is 12.6. The third-order valence-corrected chi connectivity index (χ3v) is 7.19. The lowest BCUT2D eigenvalue weighted by Gasteiger charge is -2.30. The van der Waals surface area contributed by atoms with Crippen molar-refractivity contribution in [1.29, 1.82) is 0 Å². The van der Waals surface area contributed by atoms with Gasteiger partial charge >= 0.3 is 6.18 Å². The molecule has 0 saturated heterocycles. The van der Waals surface area contributed by atoms with Gasteiger partial charge in [0.05, 0.1) is 17.0 Å². The van der Waals surface area contributed by atoms with E-state index in [0.717, 1.165) is 36.6 Å². The van der Waals surface area contributed by atoms with Crippen molar-refractivity contribution in [2.75, 3.05) is 5.32 Å². The zero-order valence-electron chi connectivity index (χ0n) is 21.5. The SMILES string of the molecule is CC(C)C1CCC(c2ccn(-c3ccc(NC(=O)c4cccc(C(F)(F)F)n4)c(C(C)(C)O)c3)n2)CC1. The number of aliphatic hydroxyl groups is 1. The van der Waals surface area contributed by atoms with Gasteiger partial charge in [0, 0.05) is 23.4 Å². The van der Waals surface area contributed by atoms with Crippen LogP contribution in [-0.4, -0.2) is 25.8 Å². The van der Waals surface area contributed by atoms with E-state index in [1.54, 1.807) is 36.7 Å². The van der Waals surface area contributed by atoms with Crippen LogP contribution in [0.2, 0.25) is 0 Å². The van der Waals surface area contributed by atoms with Crippen LogP contribution in [0, 0.1) is 11.8 Å². The number of benzene rings is 1. The Labute approximate surface area is 214 Å². The van der Waals surface area contributed by atoms with Crippen molar-refractivity contribution in [3.63, 3.8) is 0 Å². The fourth-order valence-corrected chi connectivity index (χ4v) is 4.98. The van der Waals surface area contributed by atoms with Crippen LogP contribution < -0.4 is 5.32 Å². The zero-order valence-corrected chi connectivity index (χ0v) is 21.5. The van der Waals surface area contributed by atoms with Crippen molar-refractivity contribution in [1.82, 2.24) is 14.8 Å². The van der Waals surface area contributed by atoms with Crippen molar-refractivity contribution in [2.24, 2.45) is 11.8 Å². The smallest absolute Gasteiger partial charge is 0.386 e. The summed E-state index contributed by atoms with van der Waals surface area (Å²) in [5.41, 5.74) is -0.436. The molecule has 1 fully saturated rings. The summed E-state index contributed by atoms with van der Waals surface area (Å²) in [6.07, 6.45) is 1.86. The second-order valence-electron chi connectivity index (χ2n) is 10.7. The number of rotatable bonds is 6. The molecule has 0 aliphatic heterocycles. The molecule has 1 amide bonds. The minimum Gasteiger partial charge on any atom is -0.386 e. The highest BCUT2D eigenvalue weighted by Crippen LogP contribution is 2.38. The molecular formula is C28H33F3N4O2. The molecule has 2 aromatic heterocycles. The van der Waals surface area contributed by atoms with Gasteiger partial charge in [0.25, 0.3) is 5.91 Å². The van der Waals surface area contributed by atoms with Crippen LogP contribution in [0.3, 0.4) is 0 Å². The van der Waals surface area contributed by atoms with E-state index in [2.05, 4.69) is 24.1 Å². The molecule has 0 bridgehead atoms. The highest BCUT2D eigenvalue weighted by molar-refractivity contribution is 6.03. The summed E-state index contributed by atoms with van der Waals surface area (Å²) >= 11 is 0. The van der Waals surface area contributed by atoms with Crippen LogP contribution in [0.5, 0.6) is 0 Å². The Hall–Kier alpha value is -3.20. The van der Waals surface area contributed by atoms with Crippen LogP contribution in [-0.2, 0) is 11.8 Å². The minimum atomic E-state index is -4.66. The topological polar surface area (TPSA) is 80.0 Å². The maximum Gasteiger partial charge on any atom is 0.433 e. The first-order chi connectivity index (χ1) is 17.3. The van der Waals surface area contributed by atoms with Gasteiger partial charge in [-0.3, -0.25) is 4.79 Å². The number of aromatic nitrogens is 3. The largest absolute Gasteiger partial charge is 0.433 e. The number of amides is 1. The van der Waals surface area contributed by atoms with E-state index in [0.29, 0.717) is 23.1 Å². The zero-order chi connectivity index (χ0) is 27.0. The predicted molar refractivity (Wildman–Crippen MR) is 136 cm³/mol. The highest BCUT2D eigenvalue weighted by Gasteiger charge is 2.33. The number of halogens is 3. The highest BCUT2D eigenvalue weighted by atomic mass is 19.4. The fourth-order valence-electron chi connectivity index (χ4n) is 4.98. The number of anilines is 1. The lowest BCUT2D eigenvalue weighted by atomic mass is 9.76. The third-order valence-electron chi connectivity index (χ3n) is 7.19. The second kappa shape index (κ2) is 10.3. The third kappa shape index (κ3) is 6.21. The molecular weight excluding hydrogens is 481 g/mol. The molecule has 198 valence electrons. The molecule has 2 heterocycles.